The Balaban J connectivity index is 2.82. The second-order valence-electron chi connectivity index (χ2n) is 5.58. The lowest BCUT2D eigenvalue weighted by Crippen LogP contribution is -2.36. The van der Waals surface area contributed by atoms with Crippen molar-refractivity contribution in [3.05, 3.63) is 28.8 Å². The SMILES string of the molecule is CCCN(CC(=O)N(C)C)Cc1cc(C)c(O)c(C)c1. The maximum atomic E-state index is 11.9. The molecule has 0 aromatic heterocycles. The van der Waals surface area contributed by atoms with Gasteiger partial charge in [-0.2, -0.15) is 0 Å². The molecule has 4 heteroatoms. The molecule has 0 atom stereocenters. The molecule has 0 unspecified atom stereocenters. The van der Waals surface area contributed by atoms with E-state index < -0.39 is 0 Å². The lowest BCUT2D eigenvalue weighted by Gasteiger charge is -2.23. The van der Waals surface area contributed by atoms with Gasteiger partial charge in [0.15, 0.2) is 0 Å². The van der Waals surface area contributed by atoms with E-state index >= 15 is 0 Å². The average molecular weight is 278 g/mol. The predicted molar refractivity (Wildman–Crippen MR) is 81.8 cm³/mol. The first-order valence-electron chi connectivity index (χ1n) is 7.06. The predicted octanol–water partition coefficient (Wildman–Crippen LogP) is 2.31. The van der Waals surface area contributed by atoms with Gasteiger partial charge >= 0.3 is 0 Å². The van der Waals surface area contributed by atoms with Crippen LogP contribution in [-0.2, 0) is 11.3 Å². The van der Waals surface area contributed by atoms with Crippen molar-refractivity contribution in [1.29, 1.82) is 0 Å². The number of phenols is 1. The Bertz CT molecular complexity index is 447. The van der Waals surface area contributed by atoms with Gasteiger partial charge in [-0.15, -0.1) is 0 Å². The Hall–Kier alpha value is -1.55. The summed E-state index contributed by atoms with van der Waals surface area (Å²) in [6.45, 7) is 7.97. The van der Waals surface area contributed by atoms with Crippen LogP contribution in [0.25, 0.3) is 0 Å². The monoisotopic (exact) mass is 278 g/mol. The number of hydrogen-bond acceptors (Lipinski definition) is 3. The minimum absolute atomic E-state index is 0.116. The number of hydrogen-bond donors (Lipinski definition) is 1. The third-order valence-electron chi connectivity index (χ3n) is 3.35. The van der Waals surface area contributed by atoms with Gasteiger partial charge in [0.05, 0.1) is 6.54 Å². The smallest absolute Gasteiger partial charge is 0.236 e. The Morgan fingerprint density at radius 2 is 1.75 bits per heavy atom. The number of likely N-dealkylation sites (N-methyl/N-ethyl adjacent to an activating group) is 1. The summed E-state index contributed by atoms with van der Waals surface area (Å²) in [7, 11) is 3.56. The molecule has 1 amide bonds. The summed E-state index contributed by atoms with van der Waals surface area (Å²) in [5.74, 6) is 0.478. The highest BCUT2D eigenvalue weighted by molar-refractivity contribution is 5.77. The van der Waals surface area contributed by atoms with Gasteiger partial charge in [0.25, 0.3) is 0 Å². The van der Waals surface area contributed by atoms with Gasteiger partial charge < -0.3 is 10.0 Å². The van der Waals surface area contributed by atoms with Crippen LogP contribution in [0.5, 0.6) is 5.75 Å². The van der Waals surface area contributed by atoms with Crippen LogP contribution in [-0.4, -0.2) is 48.0 Å². The molecule has 0 radical (unpaired) electrons. The van der Waals surface area contributed by atoms with Gasteiger partial charge in [0, 0.05) is 20.6 Å². The largest absolute Gasteiger partial charge is 0.507 e. The molecule has 0 aliphatic heterocycles. The summed E-state index contributed by atoms with van der Waals surface area (Å²) in [5, 5.41) is 9.81. The van der Waals surface area contributed by atoms with Crippen molar-refractivity contribution in [2.45, 2.75) is 33.7 Å². The summed E-state index contributed by atoms with van der Waals surface area (Å²) in [6.07, 6.45) is 1.01. The normalized spacial score (nSPS) is 10.9. The van der Waals surface area contributed by atoms with Gasteiger partial charge in [-0.1, -0.05) is 19.1 Å². The zero-order chi connectivity index (χ0) is 15.3. The van der Waals surface area contributed by atoms with E-state index in [4.69, 9.17) is 0 Å². The molecule has 4 nitrogen and oxygen atoms in total. The molecule has 20 heavy (non-hydrogen) atoms. The molecule has 0 aliphatic carbocycles. The number of carbonyl (C=O) groups excluding carboxylic acids is 1. The molecule has 112 valence electrons. The minimum atomic E-state index is 0.116. The highest BCUT2D eigenvalue weighted by Crippen LogP contribution is 2.23. The van der Waals surface area contributed by atoms with E-state index in [1.165, 1.54) is 0 Å². The minimum Gasteiger partial charge on any atom is -0.507 e. The fourth-order valence-corrected chi connectivity index (χ4v) is 2.26. The molecular formula is C16H26N2O2. The van der Waals surface area contributed by atoms with E-state index in [1.807, 2.05) is 26.0 Å². The highest BCUT2D eigenvalue weighted by Gasteiger charge is 2.13. The fraction of sp³-hybridized carbons (Fsp3) is 0.562. The second kappa shape index (κ2) is 7.29. The summed E-state index contributed by atoms with van der Waals surface area (Å²) in [6, 6.07) is 3.98. The van der Waals surface area contributed by atoms with Crippen molar-refractivity contribution in [3.63, 3.8) is 0 Å². The maximum absolute atomic E-state index is 11.9. The molecule has 0 aliphatic rings. The fourth-order valence-electron chi connectivity index (χ4n) is 2.26. The number of carbonyl (C=O) groups is 1. The van der Waals surface area contributed by atoms with E-state index in [9.17, 15) is 9.90 Å². The van der Waals surface area contributed by atoms with Gasteiger partial charge in [0.2, 0.25) is 5.91 Å². The van der Waals surface area contributed by atoms with E-state index in [2.05, 4.69) is 11.8 Å². The van der Waals surface area contributed by atoms with Crippen molar-refractivity contribution in [3.8, 4) is 5.75 Å². The molecule has 1 rings (SSSR count). The first-order valence-corrected chi connectivity index (χ1v) is 7.06. The van der Waals surface area contributed by atoms with Crippen LogP contribution in [0.3, 0.4) is 0 Å². The van der Waals surface area contributed by atoms with Crippen molar-refractivity contribution in [1.82, 2.24) is 9.80 Å². The molecule has 0 spiro atoms. The summed E-state index contributed by atoms with van der Waals surface area (Å²) in [5.41, 5.74) is 2.91. The molecule has 0 saturated heterocycles. The topological polar surface area (TPSA) is 43.8 Å². The van der Waals surface area contributed by atoms with Crippen LogP contribution in [0.4, 0.5) is 0 Å². The lowest BCUT2D eigenvalue weighted by molar-refractivity contribution is -0.130. The quantitative estimate of drug-likeness (QED) is 0.868. The van der Waals surface area contributed by atoms with Crippen molar-refractivity contribution >= 4 is 5.91 Å². The van der Waals surface area contributed by atoms with Gasteiger partial charge in [0.1, 0.15) is 5.75 Å². The third kappa shape index (κ3) is 4.53. The van der Waals surface area contributed by atoms with E-state index in [-0.39, 0.29) is 5.91 Å². The molecule has 1 aromatic carbocycles. The second-order valence-corrected chi connectivity index (χ2v) is 5.58. The van der Waals surface area contributed by atoms with E-state index in [1.54, 1.807) is 19.0 Å². The first kappa shape index (κ1) is 16.5. The Labute approximate surface area is 122 Å². The summed E-state index contributed by atoms with van der Waals surface area (Å²) < 4.78 is 0. The van der Waals surface area contributed by atoms with Crippen molar-refractivity contribution < 1.29 is 9.90 Å². The van der Waals surface area contributed by atoms with Crippen LogP contribution in [0.1, 0.15) is 30.0 Å². The number of benzene rings is 1. The Morgan fingerprint density at radius 3 is 2.20 bits per heavy atom. The maximum Gasteiger partial charge on any atom is 0.236 e. The zero-order valence-corrected chi connectivity index (χ0v) is 13.2. The van der Waals surface area contributed by atoms with Gasteiger partial charge in [-0.25, -0.2) is 0 Å². The van der Waals surface area contributed by atoms with Crippen LogP contribution >= 0.6 is 0 Å². The molecule has 0 saturated carbocycles. The first-order chi connectivity index (χ1) is 9.35. The average Bonchev–Trinajstić information content (AvgIpc) is 2.35. The van der Waals surface area contributed by atoms with Crippen LogP contribution in [0.15, 0.2) is 12.1 Å². The lowest BCUT2D eigenvalue weighted by atomic mass is 10.1. The van der Waals surface area contributed by atoms with Crippen LogP contribution in [0, 0.1) is 13.8 Å². The molecule has 0 bridgehead atoms. The third-order valence-corrected chi connectivity index (χ3v) is 3.35. The van der Waals surface area contributed by atoms with E-state index in [0.717, 1.165) is 36.2 Å². The summed E-state index contributed by atoms with van der Waals surface area (Å²) >= 11 is 0. The van der Waals surface area contributed by atoms with Crippen molar-refractivity contribution in [2.24, 2.45) is 0 Å². The molecule has 0 fully saturated rings. The van der Waals surface area contributed by atoms with Crippen LogP contribution < -0.4 is 0 Å². The Morgan fingerprint density at radius 1 is 1.20 bits per heavy atom. The number of aryl methyl sites for hydroxylation is 2. The number of amides is 1. The Kier molecular flexibility index (Phi) is 6.02. The summed E-state index contributed by atoms with van der Waals surface area (Å²) in [4.78, 5) is 15.6. The molecule has 0 heterocycles. The number of aromatic hydroxyl groups is 1. The standard InChI is InChI=1S/C16H26N2O2/c1-6-7-18(11-15(19)17(4)5)10-14-8-12(2)16(20)13(3)9-14/h8-9,20H,6-7,10-11H2,1-5H3. The number of nitrogens with zero attached hydrogens (tertiary/aromatic N) is 2. The number of phenolic OH excluding ortho intramolecular Hbond substituents is 1. The molecule has 1 N–H and O–H groups in total. The molecular weight excluding hydrogens is 252 g/mol. The van der Waals surface area contributed by atoms with Gasteiger partial charge in [-0.05, 0) is 43.5 Å². The molecule has 1 aromatic rings. The highest BCUT2D eigenvalue weighted by atomic mass is 16.3. The van der Waals surface area contributed by atoms with Crippen LogP contribution in [0.2, 0.25) is 0 Å². The van der Waals surface area contributed by atoms with Crippen molar-refractivity contribution in [2.75, 3.05) is 27.2 Å². The van der Waals surface area contributed by atoms with Gasteiger partial charge in [-0.3, -0.25) is 9.69 Å². The number of rotatable bonds is 6. The van der Waals surface area contributed by atoms with E-state index in [0.29, 0.717) is 12.3 Å². The zero-order valence-electron chi connectivity index (χ0n) is 13.2.